The van der Waals surface area contributed by atoms with Gasteiger partial charge in [0.15, 0.2) is 0 Å². The quantitative estimate of drug-likeness (QED) is 0.790. The van der Waals surface area contributed by atoms with Crippen molar-refractivity contribution >= 4 is 17.4 Å². The Hall–Kier alpha value is -2.56. The maximum Gasteiger partial charge on any atom is 0.255 e. The first-order chi connectivity index (χ1) is 14.1. The van der Waals surface area contributed by atoms with Crippen LogP contribution in [0, 0.1) is 13.8 Å². The third kappa shape index (κ3) is 4.39. The van der Waals surface area contributed by atoms with E-state index in [0.717, 1.165) is 57.9 Å². The Balaban J connectivity index is 1.38. The van der Waals surface area contributed by atoms with Gasteiger partial charge in [-0.05, 0) is 56.0 Å². The number of rotatable bonds is 3. The summed E-state index contributed by atoms with van der Waals surface area (Å²) in [6, 6.07) is 10.5. The summed E-state index contributed by atoms with van der Waals surface area (Å²) in [5, 5.41) is 0. The molecule has 0 atom stereocenters. The van der Waals surface area contributed by atoms with Crippen LogP contribution in [-0.4, -0.2) is 55.1 Å². The predicted molar refractivity (Wildman–Crippen MR) is 119 cm³/mol. The third-order valence-electron chi connectivity index (χ3n) is 6.41. The number of nitrogens with zero attached hydrogens (tertiary/aromatic N) is 4. The first-order valence-electron chi connectivity index (χ1n) is 10.9. The summed E-state index contributed by atoms with van der Waals surface area (Å²) in [7, 11) is 0. The van der Waals surface area contributed by atoms with Gasteiger partial charge in [0.05, 0.1) is 5.56 Å². The predicted octanol–water partition coefficient (Wildman–Crippen LogP) is 4.04. The molecule has 2 saturated heterocycles. The minimum absolute atomic E-state index is 0.130. The van der Waals surface area contributed by atoms with E-state index in [4.69, 9.17) is 0 Å². The number of piperazine rings is 1. The first-order valence-corrected chi connectivity index (χ1v) is 10.9. The number of hydrogen-bond acceptors (Lipinski definition) is 4. The fraction of sp³-hybridized carbons (Fsp3) is 0.500. The van der Waals surface area contributed by atoms with Crippen molar-refractivity contribution in [3.8, 4) is 0 Å². The monoisotopic (exact) mass is 392 g/mol. The molecule has 1 aromatic heterocycles. The number of pyridine rings is 1. The summed E-state index contributed by atoms with van der Waals surface area (Å²) in [6.45, 7) is 9.99. The van der Waals surface area contributed by atoms with Crippen molar-refractivity contribution < 1.29 is 4.79 Å². The molecule has 0 saturated carbocycles. The summed E-state index contributed by atoms with van der Waals surface area (Å²) in [4.78, 5) is 24.2. The highest BCUT2D eigenvalue weighted by molar-refractivity contribution is 5.94. The molecule has 154 valence electrons. The van der Waals surface area contributed by atoms with Crippen LogP contribution in [0.15, 0.2) is 36.5 Å². The molecule has 5 nitrogen and oxygen atoms in total. The lowest BCUT2D eigenvalue weighted by Gasteiger charge is -2.37. The SMILES string of the molecule is Cc1cccc(N2CCN(c3ccc(C(=O)N4CCCCCC4)cn3)CC2)c1C. The van der Waals surface area contributed by atoms with Crippen LogP contribution in [0.5, 0.6) is 0 Å². The molecule has 0 bridgehead atoms. The van der Waals surface area contributed by atoms with Gasteiger partial charge < -0.3 is 14.7 Å². The Morgan fingerprint density at radius 1 is 0.828 bits per heavy atom. The normalized spacial score (nSPS) is 17.9. The van der Waals surface area contributed by atoms with Gasteiger partial charge in [-0.2, -0.15) is 0 Å². The maximum atomic E-state index is 12.8. The second-order valence-electron chi connectivity index (χ2n) is 8.30. The zero-order valence-electron chi connectivity index (χ0n) is 17.7. The molecular weight excluding hydrogens is 360 g/mol. The van der Waals surface area contributed by atoms with Crippen molar-refractivity contribution in [3.05, 3.63) is 53.2 Å². The van der Waals surface area contributed by atoms with Gasteiger partial charge in [0.25, 0.3) is 5.91 Å². The van der Waals surface area contributed by atoms with E-state index in [1.54, 1.807) is 6.20 Å². The van der Waals surface area contributed by atoms with E-state index < -0.39 is 0 Å². The Labute approximate surface area is 174 Å². The third-order valence-corrected chi connectivity index (χ3v) is 6.41. The fourth-order valence-electron chi connectivity index (χ4n) is 4.41. The number of hydrogen-bond donors (Lipinski definition) is 0. The van der Waals surface area contributed by atoms with Gasteiger partial charge in [-0.25, -0.2) is 4.98 Å². The summed E-state index contributed by atoms with van der Waals surface area (Å²) in [5.74, 6) is 1.10. The molecule has 2 aliphatic heterocycles. The van der Waals surface area contributed by atoms with Crippen LogP contribution >= 0.6 is 0 Å². The summed E-state index contributed by atoms with van der Waals surface area (Å²) < 4.78 is 0. The Morgan fingerprint density at radius 3 is 2.17 bits per heavy atom. The average molecular weight is 393 g/mol. The van der Waals surface area contributed by atoms with E-state index in [0.29, 0.717) is 5.56 Å². The minimum Gasteiger partial charge on any atom is -0.368 e. The van der Waals surface area contributed by atoms with Gasteiger partial charge in [0, 0.05) is 51.2 Å². The van der Waals surface area contributed by atoms with Crippen LogP contribution in [0.25, 0.3) is 0 Å². The van der Waals surface area contributed by atoms with Crippen LogP contribution in [0.2, 0.25) is 0 Å². The zero-order valence-corrected chi connectivity index (χ0v) is 17.7. The molecule has 1 amide bonds. The van der Waals surface area contributed by atoms with E-state index in [9.17, 15) is 4.79 Å². The molecule has 2 aromatic rings. The van der Waals surface area contributed by atoms with Crippen LogP contribution < -0.4 is 9.80 Å². The second-order valence-corrected chi connectivity index (χ2v) is 8.30. The average Bonchev–Trinajstić information content (AvgIpc) is 3.05. The Kier molecular flexibility index (Phi) is 6.02. The van der Waals surface area contributed by atoms with Crippen molar-refractivity contribution in [2.24, 2.45) is 0 Å². The van der Waals surface area contributed by atoms with Gasteiger partial charge in [-0.1, -0.05) is 25.0 Å². The highest BCUT2D eigenvalue weighted by atomic mass is 16.2. The second kappa shape index (κ2) is 8.85. The van der Waals surface area contributed by atoms with Crippen LogP contribution in [-0.2, 0) is 0 Å². The molecular formula is C24H32N4O. The van der Waals surface area contributed by atoms with Gasteiger partial charge in [0.1, 0.15) is 5.82 Å². The highest BCUT2D eigenvalue weighted by Gasteiger charge is 2.21. The molecule has 3 heterocycles. The largest absolute Gasteiger partial charge is 0.368 e. The number of benzene rings is 1. The van der Waals surface area contributed by atoms with Crippen LogP contribution in [0.4, 0.5) is 11.5 Å². The van der Waals surface area contributed by atoms with Crippen LogP contribution in [0.3, 0.4) is 0 Å². The smallest absolute Gasteiger partial charge is 0.255 e. The van der Waals surface area contributed by atoms with E-state index in [1.165, 1.54) is 29.7 Å². The number of anilines is 2. The molecule has 0 spiro atoms. The summed E-state index contributed by atoms with van der Waals surface area (Å²) in [5.41, 5.74) is 4.77. The van der Waals surface area contributed by atoms with Gasteiger partial charge in [0.2, 0.25) is 0 Å². The number of carbonyl (C=O) groups is 1. The lowest BCUT2D eigenvalue weighted by Crippen LogP contribution is -2.47. The summed E-state index contributed by atoms with van der Waals surface area (Å²) in [6.07, 6.45) is 6.45. The zero-order chi connectivity index (χ0) is 20.2. The minimum atomic E-state index is 0.130. The van der Waals surface area contributed by atoms with Crippen molar-refractivity contribution in [1.82, 2.24) is 9.88 Å². The van der Waals surface area contributed by atoms with Gasteiger partial charge in [-0.3, -0.25) is 4.79 Å². The van der Waals surface area contributed by atoms with E-state index in [2.05, 4.69) is 46.8 Å². The molecule has 5 heteroatoms. The number of amides is 1. The summed E-state index contributed by atoms with van der Waals surface area (Å²) >= 11 is 0. The van der Waals surface area contributed by atoms with Crippen molar-refractivity contribution in [1.29, 1.82) is 0 Å². The lowest BCUT2D eigenvalue weighted by atomic mass is 10.1. The maximum absolute atomic E-state index is 12.8. The standard InChI is InChI=1S/C24H32N4O/c1-19-8-7-9-22(20(19)2)26-14-16-27(17-15-26)23-11-10-21(18-25-23)24(29)28-12-5-3-4-6-13-28/h7-11,18H,3-6,12-17H2,1-2H3. The molecule has 0 N–H and O–H groups in total. The molecule has 1 aromatic carbocycles. The number of likely N-dealkylation sites (tertiary alicyclic amines) is 1. The molecule has 0 unspecified atom stereocenters. The molecule has 2 aliphatic rings. The number of carbonyl (C=O) groups excluding carboxylic acids is 1. The fourth-order valence-corrected chi connectivity index (χ4v) is 4.41. The van der Waals surface area contributed by atoms with Crippen LogP contribution in [0.1, 0.15) is 47.2 Å². The molecule has 2 fully saturated rings. The highest BCUT2D eigenvalue weighted by Crippen LogP contribution is 2.25. The van der Waals surface area contributed by atoms with E-state index >= 15 is 0 Å². The Bertz CT molecular complexity index is 832. The van der Waals surface area contributed by atoms with Crippen molar-refractivity contribution in [2.75, 3.05) is 49.1 Å². The first kappa shape index (κ1) is 19.7. The molecule has 0 radical (unpaired) electrons. The lowest BCUT2D eigenvalue weighted by molar-refractivity contribution is 0.0761. The molecule has 29 heavy (non-hydrogen) atoms. The van der Waals surface area contributed by atoms with Crippen molar-refractivity contribution in [3.63, 3.8) is 0 Å². The molecule has 4 rings (SSSR count). The van der Waals surface area contributed by atoms with Crippen molar-refractivity contribution in [2.45, 2.75) is 39.5 Å². The van der Waals surface area contributed by atoms with Gasteiger partial charge >= 0.3 is 0 Å². The van der Waals surface area contributed by atoms with E-state index in [1.807, 2.05) is 17.0 Å². The van der Waals surface area contributed by atoms with Gasteiger partial charge in [-0.15, -0.1) is 0 Å². The van der Waals surface area contributed by atoms with E-state index in [-0.39, 0.29) is 5.91 Å². The Morgan fingerprint density at radius 2 is 1.52 bits per heavy atom. The topological polar surface area (TPSA) is 39.7 Å². The number of aryl methyl sites for hydroxylation is 1. The number of aromatic nitrogens is 1. The molecule has 0 aliphatic carbocycles.